The van der Waals surface area contributed by atoms with Crippen LogP contribution in [0.2, 0.25) is 0 Å². The molecule has 0 aliphatic heterocycles. The van der Waals surface area contributed by atoms with Crippen LogP contribution in [0.15, 0.2) is 29.3 Å². The molecule has 8 heteroatoms. The molecule has 2 N–H and O–H groups in total. The van der Waals surface area contributed by atoms with E-state index in [0.717, 1.165) is 28.2 Å². The number of rotatable bonds is 7. The summed E-state index contributed by atoms with van der Waals surface area (Å²) in [5.41, 5.74) is 1.07. The smallest absolute Gasteiger partial charge is 0.191 e. The lowest BCUT2D eigenvalue weighted by Crippen LogP contribution is -2.38. The summed E-state index contributed by atoms with van der Waals surface area (Å²) in [6.07, 6.45) is 0. The Morgan fingerprint density at radius 3 is 2.64 bits per heavy atom. The molecular formula is C17H25IN4O2S. The van der Waals surface area contributed by atoms with E-state index in [0.29, 0.717) is 19.7 Å². The second-order valence-corrected chi connectivity index (χ2v) is 6.41. The minimum atomic E-state index is 0. The Labute approximate surface area is 170 Å². The zero-order chi connectivity index (χ0) is 17.4. The largest absolute Gasteiger partial charge is 0.497 e. The SMILES string of the molecule is CN=C(NCCOc1cccc(OC)c1)NCc1sc(C)nc1C.I. The van der Waals surface area contributed by atoms with Crippen LogP contribution in [-0.4, -0.2) is 38.3 Å². The average molecular weight is 476 g/mol. The molecule has 1 heterocycles. The van der Waals surface area contributed by atoms with E-state index in [1.54, 1.807) is 25.5 Å². The Morgan fingerprint density at radius 1 is 1.24 bits per heavy atom. The molecule has 0 spiro atoms. The number of guanidine groups is 1. The van der Waals surface area contributed by atoms with Gasteiger partial charge in [-0.3, -0.25) is 4.99 Å². The van der Waals surface area contributed by atoms with E-state index in [1.165, 1.54) is 4.88 Å². The molecule has 0 aliphatic rings. The second-order valence-electron chi connectivity index (χ2n) is 5.12. The van der Waals surface area contributed by atoms with Crippen LogP contribution in [0.4, 0.5) is 0 Å². The number of hydrogen-bond donors (Lipinski definition) is 2. The predicted molar refractivity (Wildman–Crippen MR) is 114 cm³/mol. The standard InChI is InChI=1S/C17H24N4O2S.HI/c1-12-16(24-13(2)21-12)11-20-17(18-3)19-8-9-23-15-7-5-6-14(10-15)22-4;/h5-7,10H,8-9,11H2,1-4H3,(H2,18,19,20);1H. The van der Waals surface area contributed by atoms with Crippen LogP contribution in [-0.2, 0) is 6.54 Å². The molecule has 0 saturated heterocycles. The van der Waals surface area contributed by atoms with Gasteiger partial charge >= 0.3 is 0 Å². The summed E-state index contributed by atoms with van der Waals surface area (Å²) in [5.74, 6) is 2.32. The van der Waals surface area contributed by atoms with E-state index in [-0.39, 0.29) is 24.0 Å². The molecule has 0 atom stereocenters. The fraction of sp³-hybridized carbons (Fsp3) is 0.412. The third kappa shape index (κ3) is 7.07. The number of hydrogen-bond acceptors (Lipinski definition) is 5. The normalized spacial score (nSPS) is 10.8. The molecular weight excluding hydrogens is 451 g/mol. The van der Waals surface area contributed by atoms with Crippen molar-refractivity contribution in [3.63, 3.8) is 0 Å². The molecule has 0 saturated carbocycles. The van der Waals surface area contributed by atoms with E-state index in [2.05, 4.69) is 20.6 Å². The van der Waals surface area contributed by atoms with Crippen LogP contribution in [0.3, 0.4) is 0 Å². The number of ether oxygens (including phenoxy) is 2. The van der Waals surface area contributed by atoms with E-state index < -0.39 is 0 Å². The summed E-state index contributed by atoms with van der Waals surface area (Å²) in [7, 11) is 3.39. The minimum Gasteiger partial charge on any atom is -0.497 e. The van der Waals surface area contributed by atoms with E-state index >= 15 is 0 Å². The minimum absolute atomic E-state index is 0. The quantitative estimate of drug-likeness (QED) is 0.278. The van der Waals surface area contributed by atoms with Crippen molar-refractivity contribution in [1.82, 2.24) is 15.6 Å². The van der Waals surface area contributed by atoms with E-state index in [1.807, 2.05) is 38.1 Å². The van der Waals surface area contributed by atoms with Crippen molar-refractivity contribution in [2.24, 2.45) is 4.99 Å². The van der Waals surface area contributed by atoms with Gasteiger partial charge in [-0.05, 0) is 26.0 Å². The van der Waals surface area contributed by atoms with Crippen LogP contribution in [0.25, 0.3) is 0 Å². The number of halogens is 1. The third-order valence-electron chi connectivity index (χ3n) is 3.34. The van der Waals surface area contributed by atoms with Crippen LogP contribution in [0.5, 0.6) is 11.5 Å². The lowest BCUT2D eigenvalue weighted by atomic mass is 10.3. The summed E-state index contributed by atoms with van der Waals surface area (Å²) in [6.45, 7) is 5.95. The fourth-order valence-electron chi connectivity index (χ4n) is 2.15. The van der Waals surface area contributed by atoms with Crippen molar-refractivity contribution < 1.29 is 9.47 Å². The van der Waals surface area contributed by atoms with Gasteiger partial charge in [0, 0.05) is 18.0 Å². The van der Waals surface area contributed by atoms with Crippen molar-refractivity contribution in [1.29, 1.82) is 0 Å². The lowest BCUT2D eigenvalue weighted by molar-refractivity contribution is 0.319. The van der Waals surface area contributed by atoms with Crippen LogP contribution >= 0.6 is 35.3 Å². The summed E-state index contributed by atoms with van der Waals surface area (Å²) in [5, 5.41) is 7.60. The molecule has 0 bridgehead atoms. The van der Waals surface area contributed by atoms with Crippen LogP contribution in [0, 0.1) is 13.8 Å². The van der Waals surface area contributed by atoms with Gasteiger partial charge in [-0.25, -0.2) is 4.98 Å². The Morgan fingerprint density at radius 2 is 2.00 bits per heavy atom. The Hall–Kier alpha value is -1.55. The molecule has 0 aliphatic carbocycles. The maximum atomic E-state index is 5.70. The molecule has 1 aromatic carbocycles. The summed E-state index contributed by atoms with van der Waals surface area (Å²) >= 11 is 1.70. The number of nitrogens with one attached hydrogen (secondary N) is 2. The number of nitrogens with zero attached hydrogens (tertiary/aromatic N) is 2. The number of methoxy groups -OCH3 is 1. The van der Waals surface area contributed by atoms with Gasteiger partial charge in [-0.2, -0.15) is 0 Å². The second kappa shape index (κ2) is 11.1. The number of thiazole rings is 1. The molecule has 25 heavy (non-hydrogen) atoms. The van der Waals surface area contributed by atoms with Gasteiger partial charge in [0.15, 0.2) is 5.96 Å². The highest BCUT2D eigenvalue weighted by Gasteiger charge is 2.05. The van der Waals surface area contributed by atoms with Crippen LogP contribution < -0.4 is 20.1 Å². The first-order valence-corrected chi connectivity index (χ1v) is 8.58. The monoisotopic (exact) mass is 476 g/mol. The van der Waals surface area contributed by atoms with Crippen LogP contribution in [0.1, 0.15) is 15.6 Å². The molecule has 1 aromatic heterocycles. The number of aryl methyl sites for hydroxylation is 2. The van der Waals surface area contributed by atoms with Crippen molar-refractivity contribution in [3.05, 3.63) is 39.8 Å². The van der Waals surface area contributed by atoms with Crippen molar-refractivity contribution in [2.75, 3.05) is 27.3 Å². The van der Waals surface area contributed by atoms with Gasteiger partial charge < -0.3 is 20.1 Å². The highest BCUT2D eigenvalue weighted by atomic mass is 127. The molecule has 6 nitrogen and oxygen atoms in total. The Kier molecular flexibility index (Phi) is 9.58. The highest BCUT2D eigenvalue weighted by molar-refractivity contribution is 14.0. The highest BCUT2D eigenvalue weighted by Crippen LogP contribution is 2.18. The molecule has 0 fully saturated rings. The van der Waals surface area contributed by atoms with Crippen molar-refractivity contribution in [2.45, 2.75) is 20.4 Å². The van der Waals surface area contributed by atoms with Gasteiger partial charge in [0.25, 0.3) is 0 Å². The average Bonchev–Trinajstić information content (AvgIpc) is 2.92. The number of aliphatic imine (C=N–C) groups is 1. The summed E-state index contributed by atoms with van der Waals surface area (Å²) < 4.78 is 10.9. The van der Waals surface area contributed by atoms with Gasteiger partial charge in [0.2, 0.25) is 0 Å². The number of benzene rings is 1. The zero-order valence-electron chi connectivity index (χ0n) is 15.0. The summed E-state index contributed by atoms with van der Waals surface area (Å²) in [6, 6.07) is 7.56. The van der Waals surface area contributed by atoms with Crippen molar-refractivity contribution in [3.8, 4) is 11.5 Å². The lowest BCUT2D eigenvalue weighted by Gasteiger charge is -2.12. The Bertz CT molecular complexity index is 691. The first-order chi connectivity index (χ1) is 11.6. The maximum Gasteiger partial charge on any atom is 0.191 e. The van der Waals surface area contributed by atoms with Gasteiger partial charge in [-0.15, -0.1) is 35.3 Å². The Balaban J connectivity index is 0.00000312. The van der Waals surface area contributed by atoms with Gasteiger partial charge in [-0.1, -0.05) is 6.07 Å². The number of aromatic nitrogens is 1. The van der Waals surface area contributed by atoms with Crippen molar-refractivity contribution >= 4 is 41.3 Å². The maximum absolute atomic E-state index is 5.70. The molecule has 0 radical (unpaired) electrons. The molecule has 0 unspecified atom stereocenters. The third-order valence-corrected chi connectivity index (χ3v) is 4.42. The van der Waals surface area contributed by atoms with Gasteiger partial charge in [0.1, 0.15) is 18.1 Å². The predicted octanol–water partition coefficient (Wildman–Crippen LogP) is 3.13. The molecule has 2 aromatic rings. The molecule has 138 valence electrons. The zero-order valence-corrected chi connectivity index (χ0v) is 18.1. The first-order valence-electron chi connectivity index (χ1n) is 7.76. The molecule has 0 amide bonds. The summed E-state index contributed by atoms with van der Waals surface area (Å²) in [4.78, 5) is 9.87. The fourth-order valence-corrected chi connectivity index (χ4v) is 3.03. The molecule has 2 rings (SSSR count). The topological polar surface area (TPSA) is 67.8 Å². The van der Waals surface area contributed by atoms with E-state index in [4.69, 9.17) is 9.47 Å². The van der Waals surface area contributed by atoms with E-state index in [9.17, 15) is 0 Å². The van der Waals surface area contributed by atoms with Gasteiger partial charge in [0.05, 0.1) is 30.9 Å². The first kappa shape index (κ1) is 21.5.